The minimum absolute atomic E-state index is 0.0358. The van der Waals surface area contributed by atoms with E-state index in [1.165, 1.54) is 32.5 Å². The summed E-state index contributed by atoms with van der Waals surface area (Å²) in [6.07, 6.45) is 1.42. The molecule has 33 heavy (non-hydrogen) atoms. The summed E-state index contributed by atoms with van der Waals surface area (Å²) in [6.45, 7) is 4.19. The lowest BCUT2D eigenvalue weighted by Gasteiger charge is -2.17. The van der Waals surface area contributed by atoms with Crippen LogP contribution in [0, 0.1) is 0 Å². The molecule has 178 valence electrons. The normalized spacial score (nSPS) is 11.6. The average molecular weight is 494 g/mol. The summed E-state index contributed by atoms with van der Waals surface area (Å²) in [4.78, 5) is 17.2. The Morgan fingerprint density at radius 2 is 1.82 bits per heavy atom. The van der Waals surface area contributed by atoms with Crippen molar-refractivity contribution in [1.82, 2.24) is 13.9 Å². The predicted octanol–water partition coefficient (Wildman–Crippen LogP) is 3.55. The summed E-state index contributed by atoms with van der Waals surface area (Å²) in [5.41, 5.74) is 1.59. The number of sulfonamides is 1. The van der Waals surface area contributed by atoms with Crippen LogP contribution in [0.25, 0.3) is 10.6 Å². The van der Waals surface area contributed by atoms with E-state index < -0.39 is 16.0 Å². The van der Waals surface area contributed by atoms with Gasteiger partial charge in [-0.2, -0.15) is 4.31 Å². The molecule has 9 nitrogen and oxygen atoms in total. The first-order valence-electron chi connectivity index (χ1n) is 10.3. The third-order valence-corrected chi connectivity index (χ3v) is 8.02. The Morgan fingerprint density at radius 1 is 1.12 bits per heavy atom. The van der Waals surface area contributed by atoms with Crippen LogP contribution in [0.1, 0.15) is 30.0 Å². The van der Waals surface area contributed by atoms with Crippen LogP contribution in [-0.2, 0) is 28.4 Å². The number of nitrogens with zero attached hydrogens (tertiary/aromatic N) is 3. The Kier molecular flexibility index (Phi) is 7.77. The number of rotatable bonds is 10. The topological polar surface area (TPSA) is 100.0 Å². The van der Waals surface area contributed by atoms with E-state index in [1.807, 2.05) is 12.1 Å². The first-order valence-corrected chi connectivity index (χ1v) is 12.6. The Morgan fingerprint density at radius 3 is 2.45 bits per heavy atom. The molecule has 0 aliphatic carbocycles. The second-order valence-corrected chi connectivity index (χ2v) is 9.85. The lowest BCUT2D eigenvalue weighted by molar-refractivity contribution is 0.0457. The quantitative estimate of drug-likeness (QED) is 0.398. The molecule has 3 rings (SSSR count). The first-order chi connectivity index (χ1) is 15.7. The summed E-state index contributed by atoms with van der Waals surface area (Å²) in [5.74, 6) is 0.591. The van der Waals surface area contributed by atoms with Gasteiger partial charge < -0.3 is 18.8 Å². The zero-order valence-corrected chi connectivity index (χ0v) is 20.8. The lowest BCUT2D eigenvalue weighted by atomic mass is 10.2. The molecule has 0 radical (unpaired) electrons. The maximum atomic E-state index is 12.7. The number of esters is 1. The highest BCUT2D eigenvalue weighted by atomic mass is 32.2. The predicted molar refractivity (Wildman–Crippen MR) is 125 cm³/mol. The Labute approximate surface area is 197 Å². The maximum absolute atomic E-state index is 12.7. The number of hydrogen-bond acceptors (Lipinski definition) is 8. The van der Waals surface area contributed by atoms with Crippen molar-refractivity contribution in [2.24, 2.45) is 7.05 Å². The average Bonchev–Trinajstić information content (AvgIpc) is 3.45. The number of hydrogen-bond donors (Lipinski definition) is 0. The molecule has 0 aliphatic rings. The molecule has 3 aromatic rings. The van der Waals surface area contributed by atoms with Crippen LogP contribution in [-0.4, -0.2) is 55.6 Å². The second kappa shape index (κ2) is 10.4. The molecule has 1 aromatic carbocycles. The zero-order valence-electron chi connectivity index (χ0n) is 19.2. The van der Waals surface area contributed by atoms with Gasteiger partial charge in [0, 0.05) is 37.3 Å². The number of benzene rings is 1. The van der Waals surface area contributed by atoms with E-state index >= 15 is 0 Å². The van der Waals surface area contributed by atoms with Gasteiger partial charge >= 0.3 is 5.97 Å². The van der Waals surface area contributed by atoms with Gasteiger partial charge in [-0.3, -0.25) is 0 Å². The minimum atomic E-state index is -3.67. The van der Waals surface area contributed by atoms with Gasteiger partial charge in [0.2, 0.25) is 10.0 Å². The molecule has 0 aliphatic heterocycles. The van der Waals surface area contributed by atoms with Crippen molar-refractivity contribution in [1.29, 1.82) is 0 Å². The van der Waals surface area contributed by atoms with Crippen LogP contribution in [0.5, 0.6) is 11.5 Å². The van der Waals surface area contributed by atoms with E-state index in [1.54, 1.807) is 46.6 Å². The van der Waals surface area contributed by atoms with E-state index in [-0.39, 0.29) is 17.2 Å². The first kappa shape index (κ1) is 24.7. The van der Waals surface area contributed by atoms with E-state index in [9.17, 15) is 13.2 Å². The number of thiazole rings is 1. The highest BCUT2D eigenvalue weighted by Crippen LogP contribution is 2.33. The minimum Gasteiger partial charge on any atom is -0.493 e. The lowest BCUT2D eigenvalue weighted by Crippen LogP contribution is -2.30. The van der Waals surface area contributed by atoms with E-state index in [0.717, 1.165) is 10.6 Å². The molecule has 0 bridgehead atoms. The summed E-state index contributed by atoms with van der Waals surface area (Å²) in [5, 5.41) is 2.55. The molecule has 0 spiro atoms. The Hall–Kier alpha value is -2.89. The van der Waals surface area contributed by atoms with Crippen molar-refractivity contribution in [2.75, 3.05) is 27.3 Å². The molecular weight excluding hydrogens is 466 g/mol. The molecular formula is C22H27N3O6S2. The van der Waals surface area contributed by atoms with Gasteiger partial charge in [0.1, 0.15) is 22.2 Å². The van der Waals surface area contributed by atoms with Crippen molar-refractivity contribution in [2.45, 2.75) is 25.3 Å². The zero-order chi connectivity index (χ0) is 24.2. The number of carbonyl (C=O) groups is 1. The maximum Gasteiger partial charge on any atom is 0.355 e. The van der Waals surface area contributed by atoms with Crippen LogP contribution >= 0.6 is 11.3 Å². The van der Waals surface area contributed by atoms with Crippen LogP contribution in [0.3, 0.4) is 0 Å². The van der Waals surface area contributed by atoms with Gasteiger partial charge in [-0.15, -0.1) is 11.3 Å². The summed E-state index contributed by atoms with van der Waals surface area (Å²) >= 11 is 1.41. The number of ether oxygens (including phenoxy) is 3. The number of aryl methyl sites for hydroxylation is 1. The van der Waals surface area contributed by atoms with Crippen LogP contribution in [0.2, 0.25) is 0 Å². The van der Waals surface area contributed by atoms with Gasteiger partial charge in [0.25, 0.3) is 0 Å². The molecule has 0 saturated heterocycles. The van der Waals surface area contributed by atoms with Gasteiger partial charge in [0.15, 0.2) is 11.5 Å². The van der Waals surface area contributed by atoms with Gasteiger partial charge in [-0.05, 0) is 24.3 Å². The highest BCUT2D eigenvalue weighted by Gasteiger charge is 2.26. The third kappa shape index (κ3) is 5.21. The largest absolute Gasteiger partial charge is 0.493 e. The molecule has 0 atom stereocenters. The summed E-state index contributed by atoms with van der Waals surface area (Å²) in [7, 11) is 1.08. The van der Waals surface area contributed by atoms with E-state index in [0.29, 0.717) is 30.3 Å². The van der Waals surface area contributed by atoms with Crippen LogP contribution in [0.15, 0.2) is 40.7 Å². The van der Waals surface area contributed by atoms with E-state index in [4.69, 9.17) is 14.2 Å². The number of carbonyl (C=O) groups excluding carboxylic acids is 1. The molecule has 0 N–H and O–H groups in total. The molecule has 0 fully saturated rings. The smallest absolute Gasteiger partial charge is 0.355 e. The standard InChI is InChI=1S/C22H27N3O6S2/c1-6-25(7-2)33(27,28)17-11-18(24(3)12-17)22(26)31-13-16-14-32-21(23-16)15-8-9-19(29-4)20(10-15)30-5/h8-12,14H,6-7,13H2,1-5H3. The highest BCUT2D eigenvalue weighted by molar-refractivity contribution is 7.89. The molecule has 0 unspecified atom stereocenters. The molecule has 0 amide bonds. The van der Waals surface area contributed by atoms with Crippen molar-refractivity contribution < 1.29 is 27.4 Å². The van der Waals surface area contributed by atoms with Gasteiger partial charge in [-0.25, -0.2) is 18.2 Å². The summed E-state index contributed by atoms with van der Waals surface area (Å²) < 4.78 is 44.2. The van der Waals surface area contributed by atoms with Crippen LogP contribution in [0.4, 0.5) is 0 Å². The molecule has 2 aromatic heterocycles. The van der Waals surface area contributed by atoms with E-state index in [2.05, 4.69) is 4.98 Å². The Balaban J connectivity index is 1.72. The van der Waals surface area contributed by atoms with Gasteiger partial charge in [-0.1, -0.05) is 13.8 Å². The van der Waals surface area contributed by atoms with Crippen molar-refractivity contribution >= 4 is 27.3 Å². The fraction of sp³-hybridized carbons (Fsp3) is 0.364. The second-order valence-electron chi connectivity index (χ2n) is 7.05. The fourth-order valence-electron chi connectivity index (χ4n) is 3.28. The SMILES string of the molecule is CCN(CC)S(=O)(=O)c1cc(C(=O)OCc2csc(-c3ccc(OC)c(OC)c3)n2)n(C)c1. The number of aromatic nitrogens is 2. The Bertz CT molecular complexity index is 1230. The summed E-state index contributed by atoms with van der Waals surface area (Å²) in [6, 6.07) is 6.84. The molecule has 0 saturated carbocycles. The third-order valence-electron chi connectivity index (χ3n) is 5.07. The van der Waals surface area contributed by atoms with Crippen molar-refractivity contribution in [3.05, 3.63) is 47.2 Å². The number of methoxy groups -OCH3 is 2. The van der Waals surface area contributed by atoms with Gasteiger partial charge in [0.05, 0.1) is 19.9 Å². The van der Waals surface area contributed by atoms with Crippen molar-refractivity contribution in [3.8, 4) is 22.1 Å². The molecule has 2 heterocycles. The molecule has 11 heteroatoms. The fourth-order valence-corrected chi connectivity index (χ4v) is 5.61. The van der Waals surface area contributed by atoms with Crippen LogP contribution < -0.4 is 9.47 Å². The van der Waals surface area contributed by atoms with Crippen molar-refractivity contribution in [3.63, 3.8) is 0 Å². The monoisotopic (exact) mass is 493 g/mol.